The lowest BCUT2D eigenvalue weighted by molar-refractivity contribution is 0.317. The minimum absolute atomic E-state index is 0.291. The molecule has 0 N–H and O–H groups in total. The maximum Gasteiger partial charge on any atom is 0.119 e. The van der Waals surface area contributed by atoms with Crippen molar-refractivity contribution in [1.29, 1.82) is 0 Å². The van der Waals surface area contributed by atoms with Gasteiger partial charge in [0.05, 0.1) is 6.61 Å². The van der Waals surface area contributed by atoms with Crippen LogP contribution in [0.2, 0.25) is 0 Å². The molecule has 0 aliphatic carbocycles. The Labute approximate surface area is 169 Å². The van der Waals surface area contributed by atoms with E-state index in [1.54, 1.807) is 0 Å². The van der Waals surface area contributed by atoms with Crippen molar-refractivity contribution < 1.29 is 4.74 Å². The van der Waals surface area contributed by atoms with E-state index in [-0.39, 0.29) is 0 Å². The molecular weight excluding hydrogens is 342 g/mol. The van der Waals surface area contributed by atoms with Crippen LogP contribution >= 0.6 is 0 Å². The summed E-state index contributed by atoms with van der Waals surface area (Å²) < 4.78 is 5.67. The zero-order valence-electron chi connectivity index (χ0n) is 17.3. The minimum atomic E-state index is 0.291. The molecule has 1 aromatic heterocycles. The third kappa shape index (κ3) is 5.22. The fourth-order valence-corrected chi connectivity index (χ4v) is 3.32. The van der Waals surface area contributed by atoms with Crippen LogP contribution in [0, 0.1) is 0 Å². The quantitative estimate of drug-likeness (QED) is 0.401. The van der Waals surface area contributed by atoms with Crippen molar-refractivity contribution in [3.8, 4) is 16.9 Å². The number of rotatable bonds is 9. The smallest absolute Gasteiger partial charge is 0.119 e. The summed E-state index contributed by atoms with van der Waals surface area (Å²) in [6.07, 6.45) is 6.63. The lowest BCUT2D eigenvalue weighted by Crippen LogP contribution is -2.00. The van der Waals surface area contributed by atoms with Crippen LogP contribution in [0.4, 0.5) is 0 Å². The summed E-state index contributed by atoms with van der Waals surface area (Å²) in [5.41, 5.74) is 6.19. The Hall–Kier alpha value is -2.61. The summed E-state index contributed by atoms with van der Waals surface area (Å²) in [5, 5.41) is 0. The Morgan fingerprint density at radius 2 is 1.50 bits per heavy atom. The Bertz CT molecular complexity index is 835. The number of pyridine rings is 1. The highest BCUT2D eigenvalue weighted by Gasteiger charge is 2.10. The van der Waals surface area contributed by atoms with Crippen molar-refractivity contribution in [3.63, 3.8) is 0 Å². The highest BCUT2D eigenvalue weighted by molar-refractivity contribution is 5.64. The topological polar surface area (TPSA) is 22.1 Å². The first-order valence-electron chi connectivity index (χ1n) is 10.5. The van der Waals surface area contributed by atoms with Crippen LogP contribution in [0.1, 0.15) is 62.8 Å². The van der Waals surface area contributed by atoms with E-state index in [9.17, 15) is 0 Å². The Kier molecular flexibility index (Phi) is 7.25. The number of aryl methyl sites for hydroxylation is 1. The number of unbranched alkanes of at least 4 members (excludes halogenated alkanes) is 1. The summed E-state index contributed by atoms with van der Waals surface area (Å²) in [4.78, 5) is 4.71. The van der Waals surface area contributed by atoms with E-state index in [0.29, 0.717) is 5.92 Å². The van der Waals surface area contributed by atoms with Crippen LogP contribution in [0.3, 0.4) is 0 Å². The second-order valence-corrected chi connectivity index (χ2v) is 7.41. The lowest BCUT2D eigenvalue weighted by Gasteiger charge is -2.13. The molecule has 2 heteroatoms. The van der Waals surface area contributed by atoms with Crippen LogP contribution in [0.5, 0.6) is 5.75 Å². The molecule has 0 saturated carbocycles. The Morgan fingerprint density at radius 3 is 2.07 bits per heavy atom. The highest BCUT2D eigenvalue weighted by Crippen LogP contribution is 2.27. The van der Waals surface area contributed by atoms with Gasteiger partial charge in [0, 0.05) is 17.8 Å². The molecule has 0 spiro atoms. The molecule has 0 bridgehead atoms. The zero-order chi connectivity index (χ0) is 19.8. The average molecular weight is 374 g/mol. The maximum atomic E-state index is 5.67. The van der Waals surface area contributed by atoms with Gasteiger partial charge >= 0.3 is 0 Å². The molecule has 0 fully saturated rings. The third-order valence-corrected chi connectivity index (χ3v) is 5.18. The number of ether oxygens (including phenoxy) is 1. The van der Waals surface area contributed by atoms with Crippen LogP contribution in [0.25, 0.3) is 11.1 Å². The normalized spacial score (nSPS) is 12.0. The van der Waals surface area contributed by atoms with Crippen molar-refractivity contribution in [2.24, 2.45) is 0 Å². The van der Waals surface area contributed by atoms with E-state index in [1.165, 1.54) is 35.1 Å². The molecule has 0 aliphatic rings. The molecule has 2 nitrogen and oxygen atoms in total. The summed E-state index contributed by atoms with van der Waals surface area (Å²) >= 11 is 0. The van der Waals surface area contributed by atoms with E-state index in [2.05, 4.69) is 69.3 Å². The van der Waals surface area contributed by atoms with E-state index in [4.69, 9.17) is 9.72 Å². The number of hydrogen-bond acceptors (Lipinski definition) is 2. The molecule has 1 atom stereocenters. The molecule has 3 aromatic rings. The first-order chi connectivity index (χ1) is 13.7. The van der Waals surface area contributed by atoms with Gasteiger partial charge in [0.2, 0.25) is 0 Å². The SMILES string of the molecule is CCCCc1ccc(C(C)c2ccc(-c3ccc(OCCC)cc3)cc2)nc1. The first kappa shape index (κ1) is 20.1. The van der Waals surface area contributed by atoms with Gasteiger partial charge in [-0.2, -0.15) is 0 Å². The summed E-state index contributed by atoms with van der Waals surface area (Å²) in [6.45, 7) is 7.33. The molecule has 146 valence electrons. The molecule has 1 heterocycles. The van der Waals surface area contributed by atoms with Gasteiger partial charge in [-0.1, -0.05) is 69.7 Å². The van der Waals surface area contributed by atoms with Gasteiger partial charge in [0.25, 0.3) is 0 Å². The van der Waals surface area contributed by atoms with E-state index in [1.807, 2.05) is 18.3 Å². The van der Waals surface area contributed by atoms with E-state index < -0.39 is 0 Å². The van der Waals surface area contributed by atoms with Crippen LogP contribution in [-0.4, -0.2) is 11.6 Å². The summed E-state index contributed by atoms with van der Waals surface area (Å²) in [6, 6.07) is 21.6. The molecule has 3 rings (SSSR count). The molecule has 0 aliphatic heterocycles. The minimum Gasteiger partial charge on any atom is -0.494 e. The molecular formula is C26H31NO. The highest BCUT2D eigenvalue weighted by atomic mass is 16.5. The van der Waals surface area contributed by atoms with Crippen molar-refractivity contribution in [2.75, 3.05) is 6.61 Å². The van der Waals surface area contributed by atoms with Crippen LogP contribution < -0.4 is 4.74 Å². The number of nitrogens with zero attached hydrogens (tertiary/aromatic N) is 1. The molecule has 0 radical (unpaired) electrons. The predicted octanol–water partition coefficient (Wildman–Crippen LogP) is 7.03. The van der Waals surface area contributed by atoms with Gasteiger partial charge in [-0.15, -0.1) is 0 Å². The largest absolute Gasteiger partial charge is 0.494 e. The lowest BCUT2D eigenvalue weighted by atomic mass is 9.94. The second kappa shape index (κ2) is 10.1. The Balaban J connectivity index is 1.67. The van der Waals surface area contributed by atoms with Crippen LogP contribution in [0.15, 0.2) is 66.9 Å². The van der Waals surface area contributed by atoms with Crippen molar-refractivity contribution >= 4 is 0 Å². The predicted molar refractivity (Wildman–Crippen MR) is 118 cm³/mol. The number of benzene rings is 2. The van der Waals surface area contributed by atoms with E-state index >= 15 is 0 Å². The molecule has 28 heavy (non-hydrogen) atoms. The van der Waals surface area contributed by atoms with Gasteiger partial charge in [-0.25, -0.2) is 0 Å². The van der Waals surface area contributed by atoms with Gasteiger partial charge < -0.3 is 4.74 Å². The standard InChI is InChI=1S/C26H31NO/c1-4-6-7-21-8-17-26(27-19-21)20(3)22-9-11-23(12-10-22)24-13-15-25(16-14-24)28-18-5-2/h8-17,19-20H,4-7,18H2,1-3H3. The van der Waals surface area contributed by atoms with Crippen molar-refractivity contribution in [1.82, 2.24) is 4.98 Å². The molecule has 0 amide bonds. The van der Waals surface area contributed by atoms with Crippen molar-refractivity contribution in [2.45, 2.75) is 52.4 Å². The Morgan fingerprint density at radius 1 is 0.821 bits per heavy atom. The van der Waals surface area contributed by atoms with Gasteiger partial charge in [0.15, 0.2) is 0 Å². The maximum absolute atomic E-state index is 5.67. The molecule has 1 unspecified atom stereocenters. The molecule has 0 saturated heterocycles. The second-order valence-electron chi connectivity index (χ2n) is 7.41. The van der Waals surface area contributed by atoms with Crippen LogP contribution in [-0.2, 0) is 6.42 Å². The fraction of sp³-hybridized carbons (Fsp3) is 0.346. The number of aromatic nitrogens is 1. The van der Waals surface area contributed by atoms with Gasteiger partial charge in [-0.3, -0.25) is 4.98 Å². The number of hydrogen-bond donors (Lipinski definition) is 0. The van der Waals surface area contributed by atoms with Gasteiger partial charge in [-0.05, 0) is 59.7 Å². The molecule has 2 aromatic carbocycles. The zero-order valence-corrected chi connectivity index (χ0v) is 17.3. The summed E-state index contributed by atoms with van der Waals surface area (Å²) in [5.74, 6) is 1.23. The average Bonchev–Trinajstić information content (AvgIpc) is 2.76. The van der Waals surface area contributed by atoms with Gasteiger partial charge in [0.1, 0.15) is 5.75 Å². The summed E-state index contributed by atoms with van der Waals surface area (Å²) in [7, 11) is 0. The van der Waals surface area contributed by atoms with E-state index in [0.717, 1.165) is 30.9 Å². The first-order valence-corrected chi connectivity index (χ1v) is 10.5. The fourth-order valence-electron chi connectivity index (χ4n) is 3.32. The third-order valence-electron chi connectivity index (χ3n) is 5.18. The monoisotopic (exact) mass is 373 g/mol. The van der Waals surface area contributed by atoms with Crippen molar-refractivity contribution in [3.05, 3.63) is 83.7 Å².